The molecule has 0 radical (unpaired) electrons. The predicted molar refractivity (Wildman–Crippen MR) is 128 cm³/mol. The van der Waals surface area contributed by atoms with Crippen molar-refractivity contribution in [1.29, 1.82) is 0 Å². The molecule has 1 saturated heterocycles. The first kappa shape index (κ1) is 24.8. The molecule has 0 bridgehead atoms. The molecular formula is C22H33IO7Si. The predicted octanol–water partition coefficient (Wildman–Crippen LogP) is 4.85. The summed E-state index contributed by atoms with van der Waals surface area (Å²) in [5.74, 6) is 2.12. The van der Waals surface area contributed by atoms with Gasteiger partial charge in [-0.1, -0.05) is 42.2 Å². The molecule has 0 aliphatic carbocycles. The molecule has 0 N–H and O–H groups in total. The standard InChI is InChI=1S/C22H33IO7Si/c1-6-26-21-22(28-15-25-11-12-31(3,4)5)14-27-20(30-19(22)18(13-23)29-21)16-7-9-17(24-2)10-8-16/h7-10,20-21H,6,11-15H2,1-5H3/t20-,21-,22-/m0/s1. The lowest BCUT2D eigenvalue weighted by Crippen LogP contribution is -2.53. The molecule has 1 aromatic rings. The van der Waals surface area contributed by atoms with E-state index in [4.69, 9.17) is 33.2 Å². The molecule has 0 amide bonds. The number of hydrogen-bond acceptors (Lipinski definition) is 7. The normalized spacial score (nSPS) is 25.7. The van der Waals surface area contributed by atoms with Gasteiger partial charge in [0, 0.05) is 26.9 Å². The third kappa shape index (κ3) is 5.94. The van der Waals surface area contributed by atoms with Crippen molar-refractivity contribution in [3.05, 3.63) is 41.3 Å². The van der Waals surface area contributed by atoms with Crippen LogP contribution in [0.5, 0.6) is 5.75 Å². The Labute approximate surface area is 199 Å². The van der Waals surface area contributed by atoms with E-state index in [-0.39, 0.29) is 13.4 Å². The van der Waals surface area contributed by atoms with Gasteiger partial charge >= 0.3 is 0 Å². The van der Waals surface area contributed by atoms with Crippen molar-refractivity contribution < 1.29 is 33.2 Å². The van der Waals surface area contributed by atoms with Gasteiger partial charge in [-0.2, -0.15) is 0 Å². The summed E-state index contributed by atoms with van der Waals surface area (Å²) in [6, 6.07) is 8.69. The Morgan fingerprint density at radius 1 is 1.16 bits per heavy atom. The van der Waals surface area contributed by atoms with Gasteiger partial charge in [0.25, 0.3) is 0 Å². The third-order valence-corrected chi connectivity index (χ3v) is 7.56. The summed E-state index contributed by atoms with van der Waals surface area (Å²) in [6.07, 6.45) is -1.21. The number of rotatable bonds is 11. The van der Waals surface area contributed by atoms with Gasteiger partial charge in [0.15, 0.2) is 11.5 Å². The lowest BCUT2D eigenvalue weighted by atomic mass is 10.0. The molecule has 31 heavy (non-hydrogen) atoms. The van der Waals surface area contributed by atoms with Gasteiger partial charge in [-0.15, -0.1) is 0 Å². The van der Waals surface area contributed by atoms with Crippen LogP contribution in [0.15, 0.2) is 35.8 Å². The van der Waals surface area contributed by atoms with E-state index in [2.05, 4.69) is 42.2 Å². The molecule has 9 heteroatoms. The highest BCUT2D eigenvalue weighted by Gasteiger charge is 2.58. The van der Waals surface area contributed by atoms with E-state index >= 15 is 0 Å². The summed E-state index contributed by atoms with van der Waals surface area (Å²) in [6.45, 7) is 10.4. The number of halogens is 1. The Balaban J connectivity index is 1.75. The van der Waals surface area contributed by atoms with Crippen LogP contribution in [0.3, 0.4) is 0 Å². The molecule has 7 nitrogen and oxygen atoms in total. The van der Waals surface area contributed by atoms with Crippen LogP contribution in [-0.4, -0.2) is 58.1 Å². The fourth-order valence-electron chi connectivity index (χ4n) is 3.36. The van der Waals surface area contributed by atoms with Gasteiger partial charge in [0.1, 0.15) is 12.5 Å². The smallest absolute Gasteiger partial charge is 0.238 e. The number of allylic oxidation sites excluding steroid dienone is 1. The van der Waals surface area contributed by atoms with Gasteiger partial charge in [-0.3, -0.25) is 0 Å². The summed E-state index contributed by atoms with van der Waals surface area (Å²) >= 11 is 2.26. The molecule has 1 fully saturated rings. The van der Waals surface area contributed by atoms with Crippen molar-refractivity contribution in [2.75, 3.05) is 38.2 Å². The minimum Gasteiger partial charge on any atom is -0.497 e. The highest BCUT2D eigenvalue weighted by molar-refractivity contribution is 14.1. The van der Waals surface area contributed by atoms with Crippen molar-refractivity contribution in [2.24, 2.45) is 0 Å². The first-order valence-electron chi connectivity index (χ1n) is 10.5. The van der Waals surface area contributed by atoms with Crippen molar-refractivity contribution >= 4 is 30.7 Å². The summed E-state index contributed by atoms with van der Waals surface area (Å²) < 4.78 is 42.3. The Morgan fingerprint density at radius 3 is 2.52 bits per heavy atom. The summed E-state index contributed by atoms with van der Waals surface area (Å²) in [5.41, 5.74) is -0.0977. The Morgan fingerprint density at radius 2 is 1.90 bits per heavy atom. The maximum absolute atomic E-state index is 6.30. The van der Waals surface area contributed by atoms with Crippen LogP contribution in [0.2, 0.25) is 25.7 Å². The number of benzene rings is 1. The van der Waals surface area contributed by atoms with Gasteiger partial charge in [-0.25, -0.2) is 0 Å². The zero-order valence-electron chi connectivity index (χ0n) is 18.9. The number of ether oxygens (including phenoxy) is 7. The molecule has 3 rings (SSSR count). The highest BCUT2D eigenvalue weighted by atomic mass is 127. The first-order valence-corrected chi connectivity index (χ1v) is 15.8. The van der Waals surface area contributed by atoms with E-state index in [1.54, 1.807) is 7.11 Å². The second kappa shape index (κ2) is 10.8. The lowest BCUT2D eigenvalue weighted by Gasteiger charge is -2.40. The molecule has 0 aromatic heterocycles. The lowest BCUT2D eigenvalue weighted by molar-refractivity contribution is -0.298. The zero-order chi connectivity index (χ0) is 22.5. The number of fused-ring (bicyclic) bond motifs is 1. The topological polar surface area (TPSA) is 64.6 Å². The highest BCUT2D eigenvalue weighted by Crippen LogP contribution is 2.46. The molecule has 0 unspecified atom stereocenters. The van der Waals surface area contributed by atoms with E-state index in [1.165, 1.54) is 0 Å². The van der Waals surface area contributed by atoms with Crippen LogP contribution in [0.1, 0.15) is 18.8 Å². The maximum Gasteiger partial charge on any atom is 0.238 e. The quantitative estimate of drug-likeness (QED) is 0.125. The molecule has 1 aromatic carbocycles. The van der Waals surface area contributed by atoms with Gasteiger partial charge < -0.3 is 33.2 Å². The minimum atomic E-state index is -1.17. The molecule has 0 spiro atoms. The Bertz CT molecular complexity index is 749. The van der Waals surface area contributed by atoms with E-state index < -0.39 is 26.3 Å². The summed E-state index contributed by atoms with van der Waals surface area (Å²) in [4.78, 5) is 0. The van der Waals surface area contributed by atoms with Gasteiger partial charge in [0.05, 0.1) is 18.1 Å². The zero-order valence-corrected chi connectivity index (χ0v) is 22.1. The largest absolute Gasteiger partial charge is 0.497 e. The maximum atomic E-state index is 6.30. The molecule has 2 aliphatic rings. The minimum absolute atomic E-state index is 0.120. The molecule has 2 aliphatic heterocycles. The van der Waals surface area contributed by atoms with E-state index in [9.17, 15) is 0 Å². The van der Waals surface area contributed by atoms with Crippen LogP contribution < -0.4 is 4.74 Å². The van der Waals surface area contributed by atoms with E-state index in [0.29, 0.717) is 29.2 Å². The molecule has 3 atom stereocenters. The third-order valence-electron chi connectivity index (χ3n) is 5.17. The van der Waals surface area contributed by atoms with Crippen molar-refractivity contribution in [1.82, 2.24) is 0 Å². The van der Waals surface area contributed by atoms with Crippen LogP contribution in [-0.2, 0) is 28.4 Å². The average molecular weight is 564 g/mol. The number of alkyl halides is 1. The molecular weight excluding hydrogens is 531 g/mol. The molecule has 2 heterocycles. The fourth-order valence-corrected chi connectivity index (χ4v) is 4.64. The van der Waals surface area contributed by atoms with E-state index in [0.717, 1.165) is 17.4 Å². The van der Waals surface area contributed by atoms with Gasteiger partial charge in [-0.05, 0) is 37.2 Å². The number of hydrogen-bond donors (Lipinski definition) is 0. The second-order valence-corrected chi connectivity index (χ2v) is 15.1. The fraction of sp³-hybridized carbons (Fsp3) is 0.636. The van der Waals surface area contributed by atoms with Crippen LogP contribution in [0, 0.1) is 0 Å². The van der Waals surface area contributed by atoms with E-state index in [1.807, 2.05) is 31.2 Å². The Kier molecular flexibility index (Phi) is 8.67. The van der Waals surface area contributed by atoms with Crippen molar-refractivity contribution in [3.63, 3.8) is 0 Å². The summed E-state index contributed by atoms with van der Waals surface area (Å²) in [7, 11) is 0.470. The summed E-state index contributed by atoms with van der Waals surface area (Å²) in [5, 5.41) is 0. The van der Waals surface area contributed by atoms with Crippen LogP contribution >= 0.6 is 22.6 Å². The Hall–Kier alpha value is -0.853. The number of methoxy groups -OCH3 is 1. The SMILES string of the molecule is CCO[C@H]1OC(CI)=C2O[C@@H](c3ccc(OC)cc3)OC[C@]21OCOCC[Si](C)(C)C. The second-order valence-electron chi connectivity index (χ2n) is 8.70. The molecule has 0 saturated carbocycles. The van der Waals surface area contributed by atoms with Crippen LogP contribution in [0.25, 0.3) is 0 Å². The molecule has 174 valence electrons. The monoisotopic (exact) mass is 564 g/mol. The van der Waals surface area contributed by atoms with Crippen molar-refractivity contribution in [3.8, 4) is 5.75 Å². The van der Waals surface area contributed by atoms with Gasteiger partial charge in [0.2, 0.25) is 18.2 Å². The van der Waals surface area contributed by atoms with Crippen molar-refractivity contribution in [2.45, 2.75) is 50.8 Å². The first-order chi connectivity index (χ1) is 14.8. The average Bonchev–Trinajstić information content (AvgIpc) is 3.06. The van der Waals surface area contributed by atoms with Crippen LogP contribution in [0.4, 0.5) is 0 Å².